The Hall–Kier alpha value is -3.19. The summed E-state index contributed by atoms with van der Waals surface area (Å²) in [4.78, 5) is 14.1. The molecule has 1 aliphatic rings. The molecule has 3 aromatic carbocycles. The zero-order chi connectivity index (χ0) is 32.3. The zero-order valence-corrected chi connectivity index (χ0v) is 26.0. The van der Waals surface area contributed by atoms with E-state index in [1.807, 2.05) is 55.5 Å². The van der Waals surface area contributed by atoms with Gasteiger partial charge >= 0.3 is 0 Å². The summed E-state index contributed by atoms with van der Waals surface area (Å²) in [5.74, 6) is -0.206. The fraction of sp³-hybridized carbons (Fsp3) is 0.424. The molecular weight excluding hydrogens is 587 g/mol. The summed E-state index contributed by atoms with van der Waals surface area (Å²) in [5.41, 5.74) is 3.20. The highest BCUT2D eigenvalue weighted by Gasteiger charge is 2.38. The van der Waals surface area contributed by atoms with E-state index in [-0.39, 0.29) is 24.2 Å². The Kier molecular flexibility index (Phi) is 13.0. The number of sulfonamides is 1. The number of amides is 1. The van der Waals surface area contributed by atoms with Gasteiger partial charge in [0.1, 0.15) is 11.4 Å². The maximum absolute atomic E-state index is 12.4. The van der Waals surface area contributed by atoms with Crippen LogP contribution in [0.1, 0.15) is 67.0 Å². The molecule has 9 nitrogen and oxygen atoms in total. The van der Waals surface area contributed by atoms with E-state index in [1.54, 1.807) is 17.0 Å². The van der Waals surface area contributed by atoms with Gasteiger partial charge in [-0.3, -0.25) is 4.79 Å². The first-order valence-corrected chi connectivity index (χ1v) is 16.6. The van der Waals surface area contributed by atoms with E-state index in [1.165, 1.54) is 12.1 Å². The Labute approximate surface area is 259 Å². The zero-order valence-electron chi connectivity index (χ0n) is 25.2. The van der Waals surface area contributed by atoms with Crippen molar-refractivity contribution in [2.75, 3.05) is 30.9 Å². The summed E-state index contributed by atoms with van der Waals surface area (Å²) in [5, 5.41) is 37.7. The van der Waals surface area contributed by atoms with Crippen molar-refractivity contribution >= 4 is 21.6 Å². The molecule has 1 saturated heterocycles. The summed E-state index contributed by atoms with van der Waals surface area (Å²) >= 11 is 0. The molecule has 1 aliphatic heterocycles. The third-order valence-electron chi connectivity index (χ3n) is 7.64. The second-order valence-corrected chi connectivity index (χ2v) is 13.0. The first-order valence-electron chi connectivity index (χ1n) is 14.7. The van der Waals surface area contributed by atoms with Gasteiger partial charge in [0.25, 0.3) is 0 Å². The third-order valence-corrected chi connectivity index (χ3v) is 8.37. The van der Waals surface area contributed by atoms with Crippen molar-refractivity contribution in [2.24, 2.45) is 0 Å². The van der Waals surface area contributed by atoms with Crippen LogP contribution in [0.4, 0.5) is 10.1 Å². The van der Waals surface area contributed by atoms with E-state index in [9.17, 15) is 38.0 Å². The number of nitrogens with zero attached hydrogens (tertiary/aromatic N) is 1. The van der Waals surface area contributed by atoms with Crippen molar-refractivity contribution in [1.82, 2.24) is 4.72 Å². The van der Waals surface area contributed by atoms with Crippen molar-refractivity contribution < 1.29 is 38.0 Å². The van der Waals surface area contributed by atoms with Gasteiger partial charge in [-0.05, 0) is 78.6 Å². The number of β-lactam (4-membered cyclic amide) rings is 1. The summed E-state index contributed by atoms with van der Waals surface area (Å²) in [6.07, 6.45) is 3.98. The van der Waals surface area contributed by atoms with Gasteiger partial charge < -0.3 is 25.3 Å². The van der Waals surface area contributed by atoms with Gasteiger partial charge in [0, 0.05) is 12.2 Å². The number of aliphatic hydroxyl groups is 4. The average Bonchev–Trinajstić information content (AvgIpc) is 3.01. The fourth-order valence-corrected chi connectivity index (χ4v) is 5.31. The number of nitrogens with one attached hydrogen (secondary N) is 1. The van der Waals surface area contributed by atoms with Crippen molar-refractivity contribution in [3.8, 4) is 0 Å². The molecule has 1 unspecified atom stereocenters. The molecule has 240 valence electrons. The van der Waals surface area contributed by atoms with Crippen LogP contribution in [0.25, 0.3) is 0 Å². The number of benzene rings is 3. The topological polar surface area (TPSA) is 147 Å². The molecule has 0 radical (unpaired) electrons. The molecule has 1 fully saturated rings. The van der Waals surface area contributed by atoms with Crippen LogP contribution in [0.2, 0.25) is 0 Å². The Morgan fingerprint density at radius 3 is 2.05 bits per heavy atom. The van der Waals surface area contributed by atoms with Crippen LogP contribution in [-0.2, 0) is 27.7 Å². The smallest absolute Gasteiger partial charge is 0.230 e. The van der Waals surface area contributed by atoms with Crippen molar-refractivity contribution in [3.63, 3.8) is 0 Å². The van der Waals surface area contributed by atoms with Crippen LogP contribution in [0.5, 0.6) is 0 Å². The molecule has 1 heterocycles. The van der Waals surface area contributed by atoms with Crippen LogP contribution in [0.3, 0.4) is 0 Å². The van der Waals surface area contributed by atoms with Gasteiger partial charge in [0.2, 0.25) is 15.9 Å². The van der Waals surface area contributed by atoms with Gasteiger partial charge in [-0.15, -0.1) is 0 Å². The molecule has 11 heteroatoms. The van der Waals surface area contributed by atoms with E-state index < -0.39 is 34.9 Å². The maximum Gasteiger partial charge on any atom is 0.230 e. The van der Waals surface area contributed by atoms with E-state index >= 15 is 0 Å². The SMILES string of the molecule is CC[C@H](O)c1ccc(F)cc1.CS(=O)(=O)NCCCc1ccc(N2C(=O)CC2c2ccc(CCC(O)(CO)CO)cc2)cc1. The summed E-state index contributed by atoms with van der Waals surface area (Å²) < 4.78 is 37.1. The van der Waals surface area contributed by atoms with Crippen LogP contribution >= 0.6 is 0 Å². The molecule has 3 aromatic rings. The van der Waals surface area contributed by atoms with Crippen molar-refractivity contribution in [2.45, 2.75) is 63.2 Å². The average molecular weight is 631 g/mol. The van der Waals surface area contributed by atoms with Gasteiger partial charge in [0.05, 0.1) is 38.0 Å². The van der Waals surface area contributed by atoms with Crippen LogP contribution in [-0.4, -0.2) is 66.4 Å². The number of hydrogen-bond donors (Lipinski definition) is 5. The Balaban J connectivity index is 0.000000404. The lowest BCUT2D eigenvalue weighted by molar-refractivity contribution is -0.124. The molecule has 2 atom stereocenters. The quantitative estimate of drug-likeness (QED) is 0.135. The molecule has 0 bridgehead atoms. The van der Waals surface area contributed by atoms with Crippen LogP contribution < -0.4 is 9.62 Å². The first kappa shape index (κ1) is 35.3. The Morgan fingerprint density at radius 1 is 0.955 bits per heavy atom. The monoisotopic (exact) mass is 630 g/mol. The number of rotatable bonds is 14. The number of carbonyl (C=O) groups is 1. The standard InChI is InChI=1S/C24H32N2O6S.C9H11FO/c1-33(31,32)25-14-2-3-18-6-10-21(11-7-18)26-22(15-23(26)29)20-8-4-19(5-9-20)12-13-24(30,16-27)17-28;1-2-9(11)7-3-5-8(10)6-4-7/h4-11,22,25,27-28,30H,2-3,12-17H2,1H3;3-6,9,11H,2H2,1H3/t;9-/m.0/s1. The van der Waals surface area contributed by atoms with Crippen molar-refractivity contribution in [3.05, 3.63) is 101 Å². The van der Waals surface area contributed by atoms with E-state index in [0.717, 1.165) is 40.6 Å². The number of aryl methyl sites for hydroxylation is 2. The highest BCUT2D eigenvalue weighted by atomic mass is 32.2. The van der Waals surface area contributed by atoms with E-state index in [4.69, 9.17) is 0 Å². The number of carbonyl (C=O) groups excluding carboxylic acids is 1. The number of anilines is 1. The molecule has 1 amide bonds. The number of halogens is 1. The van der Waals surface area contributed by atoms with Crippen LogP contribution in [0, 0.1) is 5.82 Å². The maximum atomic E-state index is 12.4. The van der Waals surface area contributed by atoms with Gasteiger partial charge in [-0.1, -0.05) is 55.5 Å². The van der Waals surface area contributed by atoms with E-state index in [0.29, 0.717) is 32.2 Å². The summed E-state index contributed by atoms with van der Waals surface area (Å²) in [7, 11) is -3.17. The molecule has 0 saturated carbocycles. The third kappa shape index (κ3) is 10.5. The van der Waals surface area contributed by atoms with Crippen LogP contribution in [0.15, 0.2) is 72.8 Å². The number of hydrogen-bond acceptors (Lipinski definition) is 7. The summed E-state index contributed by atoms with van der Waals surface area (Å²) in [6.45, 7) is 1.30. The predicted octanol–water partition coefficient (Wildman–Crippen LogP) is 3.56. The normalized spacial score (nSPS) is 15.8. The fourth-order valence-electron chi connectivity index (χ4n) is 4.79. The Morgan fingerprint density at radius 2 is 1.52 bits per heavy atom. The molecule has 0 aromatic heterocycles. The minimum absolute atomic E-state index is 0.0387. The molecule has 5 N–H and O–H groups in total. The molecular formula is C33H43FN2O7S. The highest BCUT2D eigenvalue weighted by molar-refractivity contribution is 7.88. The molecule has 4 rings (SSSR count). The van der Waals surface area contributed by atoms with Gasteiger partial charge in [0.15, 0.2) is 0 Å². The molecule has 0 aliphatic carbocycles. The largest absolute Gasteiger partial charge is 0.393 e. The van der Waals surface area contributed by atoms with Crippen molar-refractivity contribution in [1.29, 1.82) is 0 Å². The minimum Gasteiger partial charge on any atom is -0.393 e. The second-order valence-electron chi connectivity index (χ2n) is 11.2. The number of aliphatic hydroxyl groups excluding tert-OH is 3. The lowest BCUT2D eigenvalue weighted by Crippen LogP contribution is -2.46. The second kappa shape index (κ2) is 16.2. The summed E-state index contributed by atoms with van der Waals surface area (Å²) in [6, 6.07) is 21.5. The molecule has 0 spiro atoms. The highest BCUT2D eigenvalue weighted by Crippen LogP contribution is 2.39. The molecule has 44 heavy (non-hydrogen) atoms. The minimum atomic E-state index is -3.17. The van der Waals surface area contributed by atoms with Gasteiger partial charge in [-0.2, -0.15) is 0 Å². The first-order chi connectivity index (χ1) is 20.9. The van der Waals surface area contributed by atoms with Gasteiger partial charge in [-0.25, -0.2) is 17.5 Å². The Bertz CT molecular complexity index is 1430. The predicted molar refractivity (Wildman–Crippen MR) is 168 cm³/mol. The lowest BCUT2D eigenvalue weighted by atomic mass is 9.91. The lowest BCUT2D eigenvalue weighted by Gasteiger charge is -2.41. The van der Waals surface area contributed by atoms with E-state index in [2.05, 4.69) is 4.72 Å².